The summed E-state index contributed by atoms with van der Waals surface area (Å²) < 4.78 is 0. The van der Waals surface area contributed by atoms with E-state index in [0.717, 1.165) is 19.6 Å². The molecule has 1 unspecified atom stereocenters. The van der Waals surface area contributed by atoms with Crippen LogP contribution in [0.4, 0.5) is 0 Å². The van der Waals surface area contributed by atoms with Gasteiger partial charge in [0.05, 0.1) is 18.5 Å². The van der Waals surface area contributed by atoms with Crippen LogP contribution in [-0.4, -0.2) is 42.3 Å². The molecule has 2 aromatic carbocycles. The van der Waals surface area contributed by atoms with E-state index < -0.39 is 11.9 Å². The molecule has 4 rings (SSSR count). The molecule has 2 aromatic rings. The zero-order chi connectivity index (χ0) is 21.6. The Labute approximate surface area is 176 Å². The lowest BCUT2D eigenvalue weighted by atomic mass is 9.85. The van der Waals surface area contributed by atoms with Crippen LogP contribution in [-0.2, 0) is 15.0 Å². The van der Waals surface area contributed by atoms with E-state index >= 15 is 0 Å². The minimum absolute atomic E-state index is 0.121. The molecule has 1 aliphatic carbocycles. The summed E-state index contributed by atoms with van der Waals surface area (Å²) in [5.74, 6) is -2.48. The zero-order valence-corrected chi connectivity index (χ0v) is 17.1. The topological polar surface area (TPSA) is 95.9 Å². The van der Waals surface area contributed by atoms with Crippen LogP contribution in [0.1, 0.15) is 37.3 Å². The number of aliphatic imine (C=N–C) groups is 1. The van der Waals surface area contributed by atoms with Gasteiger partial charge in [-0.2, -0.15) is 0 Å². The van der Waals surface area contributed by atoms with Crippen LogP contribution in [0.2, 0.25) is 0 Å². The molecule has 1 saturated carbocycles. The van der Waals surface area contributed by atoms with Gasteiger partial charge in [-0.05, 0) is 24.0 Å². The number of benzene rings is 2. The molecule has 30 heavy (non-hydrogen) atoms. The van der Waals surface area contributed by atoms with Crippen LogP contribution in [0.15, 0.2) is 65.7 Å². The molecule has 1 fully saturated rings. The first-order valence-corrected chi connectivity index (χ1v) is 10.3. The second-order valence-corrected chi connectivity index (χ2v) is 7.62. The highest BCUT2D eigenvalue weighted by molar-refractivity contribution is 6.25. The van der Waals surface area contributed by atoms with E-state index in [1.807, 2.05) is 0 Å². The van der Waals surface area contributed by atoms with Crippen molar-refractivity contribution in [3.63, 3.8) is 0 Å². The van der Waals surface area contributed by atoms with Gasteiger partial charge in [0.2, 0.25) is 0 Å². The molecule has 6 heteroatoms. The van der Waals surface area contributed by atoms with Gasteiger partial charge in [-0.25, -0.2) is 0 Å². The van der Waals surface area contributed by atoms with Crippen LogP contribution >= 0.6 is 0 Å². The summed E-state index contributed by atoms with van der Waals surface area (Å²) in [6, 6.07) is 22.1. The maximum Gasteiger partial charge on any atom is 0.103 e. The van der Waals surface area contributed by atoms with Crippen LogP contribution in [0.3, 0.4) is 0 Å². The first-order valence-electron chi connectivity index (χ1n) is 10.3. The maximum absolute atomic E-state index is 8.93. The summed E-state index contributed by atoms with van der Waals surface area (Å²) in [4.78, 5) is 25.3. The fourth-order valence-electron chi connectivity index (χ4n) is 4.26. The molecule has 2 aliphatic rings. The van der Waals surface area contributed by atoms with Crippen LogP contribution in [0, 0.1) is 5.92 Å². The number of hydrogen-bond donors (Lipinski definition) is 0. The third-order valence-corrected chi connectivity index (χ3v) is 5.77. The molecule has 0 radical (unpaired) electrons. The number of carbonyl (C=O) groups excluding carboxylic acids is 2. The summed E-state index contributed by atoms with van der Waals surface area (Å²) in [5, 5.41) is 17.9. The van der Waals surface area contributed by atoms with Crippen LogP contribution < -0.4 is 10.2 Å². The molecule has 1 atom stereocenters. The minimum atomic E-state index is -2.19. The standard InChI is InChI=1S/C22H26N2.C2H2O4/c1-2-3-15-24-16-14-23-21(24)20-17-22(20,18-10-6-4-7-11-18)19-12-8-5-9-13-19;3-1(4)2(5)6/h4-13,20H,2-3,14-17H2,1H3;(H,3,4)(H,5,6)/p-2. The Hall–Kier alpha value is -3.15. The first kappa shape index (κ1) is 21.6. The average Bonchev–Trinajstić information content (AvgIpc) is 3.36. The van der Waals surface area contributed by atoms with Gasteiger partial charge in [0, 0.05) is 24.4 Å². The predicted octanol–water partition coefficient (Wildman–Crippen LogP) is 0.993. The molecule has 1 aliphatic heterocycles. The van der Waals surface area contributed by atoms with Crippen molar-refractivity contribution in [1.82, 2.24) is 4.90 Å². The lowest BCUT2D eigenvalue weighted by Gasteiger charge is -2.24. The van der Waals surface area contributed by atoms with Crippen LogP contribution in [0.5, 0.6) is 0 Å². The number of carbonyl (C=O) groups is 2. The Morgan fingerprint density at radius 1 is 1.00 bits per heavy atom. The first-order chi connectivity index (χ1) is 14.5. The second-order valence-electron chi connectivity index (χ2n) is 7.62. The molecule has 0 N–H and O–H groups in total. The van der Waals surface area contributed by atoms with Gasteiger partial charge < -0.3 is 24.7 Å². The van der Waals surface area contributed by atoms with Gasteiger partial charge in [0.15, 0.2) is 0 Å². The average molecular weight is 406 g/mol. The fraction of sp³-hybridized carbons (Fsp3) is 0.375. The Morgan fingerprint density at radius 2 is 1.53 bits per heavy atom. The van der Waals surface area contributed by atoms with Gasteiger partial charge in [-0.15, -0.1) is 0 Å². The highest BCUT2D eigenvalue weighted by atomic mass is 16.4. The van der Waals surface area contributed by atoms with E-state index in [-0.39, 0.29) is 5.41 Å². The third-order valence-electron chi connectivity index (χ3n) is 5.77. The minimum Gasteiger partial charge on any atom is -0.543 e. The molecule has 158 valence electrons. The van der Waals surface area contributed by atoms with Gasteiger partial charge in [0.25, 0.3) is 0 Å². The highest BCUT2D eigenvalue weighted by Crippen LogP contribution is 2.60. The van der Waals surface area contributed by atoms with Crippen molar-refractivity contribution in [3.8, 4) is 0 Å². The monoisotopic (exact) mass is 406 g/mol. The molecule has 0 saturated heterocycles. The van der Waals surface area contributed by atoms with Gasteiger partial charge >= 0.3 is 0 Å². The number of carboxylic acid groups (broad SMARTS) is 2. The molecule has 0 bridgehead atoms. The lowest BCUT2D eigenvalue weighted by molar-refractivity contribution is -0.345. The number of hydrogen-bond acceptors (Lipinski definition) is 6. The van der Waals surface area contributed by atoms with E-state index in [2.05, 4.69) is 72.5 Å². The summed E-state index contributed by atoms with van der Waals surface area (Å²) in [5.41, 5.74) is 2.99. The van der Waals surface area contributed by atoms with E-state index in [0.29, 0.717) is 5.92 Å². The SMILES string of the molecule is CCCCN1CCN=C1C1CC1(c1ccccc1)c1ccccc1.O=C([O-])C(=O)[O-]. The Balaban J connectivity index is 0.000000377. The largest absolute Gasteiger partial charge is 0.543 e. The number of amidine groups is 1. The summed E-state index contributed by atoms with van der Waals surface area (Å²) in [6.07, 6.45) is 3.69. The maximum atomic E-state index is 8.93. The van der Waals surface area contributed by atoms with Crippen molar-refractivity contribution in [2.24, 2.45) is 10.9 Å². The molecule has 0 spiro atoms. The van der Waals surface area contributed by atoms with E-state index in [1.165, 1.54) is 36.2 Å². The van der Waals surface area contributed by atoms with E-state index in [4.69, 9.17) is 24.8 Å². The summed E-state index contributed by atoms with van der Waals surface area (Å²) >= 11 is 0. The Bertz CT molecular complexity index is 844. The Kier molecular flexibility index (Phi) is 6.87. The smallest absolute Gasteiger partial charge is 0.103 e. The van der Waals surface area contributed by atoms with Gasteiger partial charge in [-0.3, -0.25) is 4.99 Å². The van der Waals surface area contributed by atoms with Gasteiger partial charge in [0.1, 0.15) is 5.84 Å². The van der Waals surface area contributed by atoms with E-state index in [1.54, 1.807) is 0 Å². The van der Waals surface area contributed by atoms with Crippen molar-refractivity contribution in [1.29, 1.82) is 0 Å². The quantitative estimate of drug-likeness (QED) is 0.667. The normalized spacial score (nSPS) is 18.8. The number of carboxylic acids is 2. The van der Waals surface area contributed by atoms with Crippen molar-refractivity contribution >= 4 is 17.8 Å². The molecule has 6 nitrogen and oxygen atoms in total. The van der Waals surface area contributed by atoms with Crippen molar-refractivity contribution in [2.75, 3.05) is 19.6 Å². The molecular formula is C24H26N2O4-2. The number of nitrogens with zero attached hydrogens (tertiary/aromatic N) is 2. The van der Waals surface area contributed by atoms with Crippen molar-refractivity contribution < 1.29 is 19.8 Å². The number of unbranched alkanes of at least 4 members (excludes halogenated alkanes) is 1. The molecular weight excluding hydrogens is 380 g/mol. The fourth-order valence-corrected chi connectivity index (χ4v) is 4.26. The highest BCUT2D eigenvalue weighted by Gasteiger charge is 2.60. The van der Waals surface area contributed by atoms with E-state index in [9.17, 15) is 0 Å². The third kappa shape index (κ3) is 4.53. The second kappa shape index (κ2) is 9.57. The van der Waals surface area contributed by atoms with Crippen LogP contribution in [0.25, 0.3) is 0 Å². The molecule has 0 amide bonds. The lowest BCUT2D eigenvalue weighted by Crippen LogP contribution is -2.42. The predicted molar refractivity (Wildman–Crippen MR) is 111 cm³/mol. The Morgan fingerprint density at radius 3 is 2.00 bits per heavy atom. The van der Waals surface area contributed by atoms with Crippen molar-refractivity contribution in [2.45, 2.75) is 31.6 Å². The molecule has 0 aromatic heterocycles. The zero-order valence-electron chi connectivity index (χ0n) is 17.1. The summed E-state index contributed by atoms with van der Waals surface area (Å²) in [7, 11) is 0. The van der Waals surface area contributed by atoms with Gasteiger partial charge in [-0.1, -0.05) is 74.0 Å². The number of aliphatic carboxylic acids is 2. The molecule has 1 heterocycles. The summed E-state index contributed by atoms with van der Waals surface area (Å²) in [6.45, 7) is 5.49. The van der Waals surface area contributed by atoms with Crippen molar-refractivity contribution in [3.05, 3.63) is 71.8 Å². The number of rotatable bonds is 6.